The third-order valence-corrected chi connectivity index (χ3v) is 4.21. The molecule has 1 heterocycles. The first kappa shape index (κ1) is 16.7. The van der Waals surface area contributed by atoms with Gasteiger partial charge in [0.25, 0.3) is 0 Å². The number of anilines is 2. The molecule has 2 aromatic carbocycles. The molecule has 0 N–H and O–H groups in total. The summed E-state index contributed by atoms with van der Waals surface area (Å²) in [6, 6.07) is 11.2. The van der Waals surface area contributed by atoms with Gasteiger partial charge in [-0.1, -0.05) is 23.2 Å². The highest BCUT2D eigenvalue weighted by atomic mass is 35.5. The highest BCUT2D eigenvalue weighted by Crippen LogP contribution is 2.31. The van der Waals surface area contributed by atoms with Crippen LogP contribution in [0.1, 0.15) is 0 Å². The van der Waals surface area contributed by atoms with Gasteiger partial charge >= 0.3 is 11.8 Å². The van der Waals surface area contributed by atoms with Crippen LogP contribution in [-0.4, -0.2) is 24.0 Å². The van der Waals surface area contributed by atoms with Gasteiger partial charge in [0.15, 0.2) is 5.11 Å². The average Bonchev–Trinajstić information content (AvgIpc) is 2.76. The van der Waals surface area contributed by atoms with Gasteiger partial charge in [-0.15, -0.1) is 0 Å². The monoisotopic (exact) mass is 380 g/mol. The third-order valence-electron chi connectivity index (χ3n) is 3.41. The van der Waals surface area contributed by atoms with Gasteiger partial charge in [0.05, 0.1) is 18.5 Å². The maximum Gasteiger partial charge on any atom is 0.323 e. The summed E-state index contributed by atoms with van der Waals surface area (Å²) >= 11 is 17.3. The van der Waals surface area contributed by atoms with E-state index in [1.54, 1.807) is 24.3 Å². The molecule has 1 aliphatic rings. The zero-order valence-electron chi connectivity index (χ0n) is 12.3. The van der Waals surface area contributed by atoms with E-state index in [0.29, 0.717) is 27.2 Å². The van der Waals surface area contributed by atoms with Crippen LogP contribution in [0, 0.1) is 0 Å². The van der Waals surface area contributed by atoms with Crippen LogP contribution >= 0.6 is 35.4 Å². The number of amides is 2. The van der Waals surface area contributed by atoms with Crippen LogP contribution in [0.25, 0.3) is 0 Å². The largest absolute Gasteiger partial charge is 0.497 e. The zero-order chi connectivity index (χ0) is 17.4. The fraction of sp³-hybridized carbons (Fsp3) is 0.0625. The molecule has 0 unspecified atom stereocenters. The molecular weight excluding hydrogens is 371 g/mol. The fourth-order valence-corrected chi connectivity index (χ4v) is 3.21. The standard InChI is InChI=1S/C16H10Cl2N2O3S/c1-23-13-4-2-11(3-5-13)19-14(21)15(22)20(16(19)24)12-7-9(17)6-10(18)8-12/h2-8H,1H3. The van der Waals surface area contributed by atoms with Crippen LogP contribution in [0.2, 0.25) is 10.0 Å². The van der Waals surface area contributed by atoms with E-state index in [2.05, 4.69) is 0 Å². The Bertz CT molecular complexity index is 835. The SMILES string of the molecule is COc1ccc(N2C(=O)C(=O)N(c3cc(Cl)cc(Cl)c3)C2=S)cc1. The van der Waals surface area contributed by atoms with Crippen molar-refractivity contribution in [2.24, 2.45) is 0 Å². The summed E-state index contributed by atoms with van der Waals surface area (Å²) in [5.41, 5.74) is 0.807. The number of nitrogens with zero attached hydrogens (tertiary/aromatic N) is 2. The second-order valence-electron chi connectivity index (χ2n) is 4.89. The Balaban J connectivity index is 2.01. The van der Waals surface area contributed by atoms with Gasteiger partial charge < -0.3 is 4.74 Å². The first-order valence-corrected chi connectivity index (χ1v) is 7.91. The first-order chi connectivity index (χ1) is 11.4. The van der Waals surface area contributed by atoms with Gasteiger partial charge in [0.1, 0.15) is 5.75 Å². The van der Waals surface area contributed by atoms with E-state index in [-0.39, 0.29) is 5.11 Å². The molecule has 2 amide bonds. The van der Waals surface area contributed by atoms with Crippen molar-refractivity contribution < 1.29 is 14.3 Å². The van der Waals surface area contributed by atoms with Crippen LogP contribution < -0.4 is 14.5 Å². The maximum absolute atomic E-state index is 12.4. The Labute approximate surface area is 153 Å². The molecular formula is C16H10Cl2N2O3S. The minimum absolute atomic E-state index is 0.0356. The third kappa shape index (κ3) is 2.84. The summed E-state index contributed by atoms with van der Waals surface area (Å²) in [6.45, 7) is 0. The second-order valence-corrected chi connectivity index (χ2v) is 6.13. The molecule has 122 valence electrons. The highest BCUT2D eigenvalue weighted by Gasteiger charge is 2.43. The smallest absolute Gasteiger partial charge is 0.323 e. The predicted molar refractivity (Wildman–Crippen MR) is 97.0 cm³/mol. The summed E-state index contributed by atoms with van der Waals surface area (Å²) in [4.78, 5) is 27.0. The summed E-state index contributed by atoms with van der Waals surface area (Å²) in [6.07, 6.45) is 0. The predicted octanol–water partition coefficient (Wildman–Crippen LogP) is 3.67. The molecule has 3 rings (SSSR count). The van der Waals surface area contributed by atoms with Gasteiger partial charge in [-0.2, -0.15) is 0 Å². The van der Waals surface area contributed by atoms with Crippen molar-refractivity contribution in [3.05, 3.63) is 52.5 Å². The second kappa shape index (κ2) is 6.39. The number of rotatable bonds is 3. The van der Waals surface area contributed by atoms with Crippen LogP contribution in [0.15, 0.2) is 42.5 Å². The Morgan fingerprint density at radius 1 is 0.875 bits per heavy atom. The first-order valence-electron chi connectivity index (χ1n) is 6.75. The summed E-state index contributed by atoms with van der Waals surface area (Å²) < 4.78 is 5.08. The topological polar surface area (TPSA) is 49.9 Å². The number of carbonyl (C=O) groups is 2. The lowest BCUT2D eigenvalue weighted by atomic mass is 10.3. The quantitative estimate of drug-likeness (QED) is 0.602. The van der Waals surface area contributed by atoms with Gasteiger partial charge in [0, 0.05) is 10.0 Å². The Morgan fingerprint density at radius 2 is 1.38 bits per heavy atom. The number of benzene rings is 2. The fourth-order valence-electron chi connectivity index (χ4n) is 2.32. The van der Waals surface area contributed by atoms with Gasteiger partial charge in [-0.05, 0) is 54.7 Å². The van der Waals surface area contributed by atoms with Crippen molar-refractivity contribution in [2.75, 3.05) is 16.9 Å². The van der Waals surface area contributed by atoms with E-state index >= 15 is 0 Å². The molecule has 0 aromatic heterocycles. The molecule has 0 aliphatic carbocycles. The molecule has 0 bridgehead atoms. The summed E-state index contributed by atoms with van der Waals surface area (Å²) in [7, 11) is 1.54. The number of hydrogen-bond donors (Lipinski definition) is 0. The van der Waals surface area contributed by atoms with Crippen molar-refractivity contribution in [2.45, 2.75) is 0 Å². The van der Waals surface area contributed by atoms with E-state index in [4.69, 9.17) is 40.2 Å². The van der Waals surface area contributed by atoms with Gasteiger partial charge in [-0.25, -0.2) is 9.80 Å². The zero-order valence-corrected chi connectivity index (χ0v) is 14.7. The number of thiocarbonyl (C=S) groups is 1. The summed E-state index contributed by atoms with van der Waals surface area (Å²) in [5.74, 6) is -0.892. The number of carbonyl (C=O) groups excluding carboxylic acids is 2. The molecule has 5 nitrogen and oxygen atoms in total. The van der Waals surface area contributed by atoms with Crippen LogP contribution in [0.3, 0.4) is 0 Å². The van der Waals surface area contributed by atoms with Crippen molar-refractivity contribution in [1.29, 1.82) is 0 Å². The molecule has 24 heavy (non-hydrogen) atoms. The summed E-state index contributed by atoms with van der Waals surface area (Å²) in [5, 5.41) is 0.709. The Hall–Kier alpha value is -2.15. The van der Waals surface area contributed by atoms with Gasteiger partial charge in [-0.3, -0.25) is 9.59 Å². The minimum atomic E-state index is -0.769. The van der Waals surface area contributed by atoms with E-state index in [0.717, 1.165) is 9.80 Å². The number of hydrogen-bond acceptors (Lipinski definition) is 4. The molecule has 0 radical (unpaired) electrons. The van der Waals surface area contributed by atoms with Crippen molar-refractivity contribution in [1.82, 2.24) is 0 Å². The minimum Gasteiger partial charge on any atom is -0.497 e. The number of methoxy groups -OCH3 is 1. The lowest BCUT2D eigenvalue weighted by Gasteiger charge is -2.19. The van der Waals surface area contributed by atoms with Gasteiger partial charge in [0.2, 0.25) is 0 Å². The van der Waals surface area contributed by atoms with Crippen LogP contribution in [0.4, 0.5) is 11.4 Å². The molecule has 2 aromatic rings. The van der Waals surface area contributed by atoms with E-state index in [1.165, 1.54) is 25.3 Å². The molecule has 0 saturated carbocycles. The number of halogens is 2. The molecule has 1 fully saturated rings. The molecule has 1 aliphatic heterocycles. The normalized spacial score (nSPS) is 14.5. The number of ether oxygens (including phenoxy) is 1. The Kier molecular flexibility index (Phi) is 4.45. The lowest BCUT2D eigenvalue weighted by Crippen LogP contribution is -2.33. The van der Waals surface area contributed by atoms with Crippen molar-refractivity contribution in [3.8, 4) is 5.75 Å². The average molecular weight is 381 g/mol. The van der Waals surface area contributed by atoms with Crippen LogP contribution in [-0.2, 0) is 9.59 Å². The Morgan fingerprint density at radius 3 is 1.88 bits per heavy atom. The molecule has 8 heteroatoms. The molecule has 1 saturated heterocycles. The highest BCUT2D eigenvalue weighted by molar-refractivity contribution is 7.81. The van der Waals surface area contributed by atoms with E-state index < -0.39 is 11.8 Å². The van der Waals surface area contributed by atoms with Crippen molar-refractivity contribution in [3.63, 3.8) is 0 Å². The van der Waals surface area contributed by atoms with E-state index in [9.17, 15) is 9.59 Å². The molecule has 0 spiro atoms. The van der Waals surface area contributed by atoms with Crippen molar-refractivity contribution >= 4 is 63.7 Å². The van der Waals surface area contributed by atoms with Crippen LogP contribution in [0.5, 0.6) is 5.75 Å². The maximum atomic E-state index is 12.4. The van der Waals surface area contributed by atoms with E-state index in [1.807, 2.05) is 0 Å². The lowest BCUT2D eigenvalue weighted by molar-refractivity contribution is -0.133. The molecule has 0 atom stereocenters.